The molecule has 2 heterocycles. The van der Waals surface area contributed by atoms with Gasteiger partial charge in [0, 0.05) is 18.7 Å². The Morgan fingerprint density at radius 1 is 1.35 bits per heavy atom. The molecule has 0 bridgehead atoms. The Bertz CT molecular complexity index is 976. The molecule has 0 unspecified atom stereocenters. The van der Waals surface area contributed by atoms with Crippen molar-refractivity contribution in [2.24, 2.45) is 0 Å². The summed E-state index contributed by atoms with van der Waals surface area (Å²) in [7, 11) is 1.70. The monoisotopic (exact) mass is 355 g/mol. The van der Waals surface area contributed by atoms with Gasteiger partial charge in [0.25, 0.3) is 0 Å². The molecule has 1 fully saturated rings. The third-order valence-electron chi connectivity index (χ3n) is 5.10. The molecule has 3 aromatic rings. The van der Waals surface area contributed by atoms with Gasteiger partial charge in [-0.2, -0.15) is 13.9 Å². The number of halogens is 2. The summed E-state index contributed by atoms with van der Waals surface area (Å²) >= 11 is 0. The Morgan fingerprint density at radius 3 is 2.85 bits per heavy atom. The maximum atomic E-state index is 14.3. The van der Waals surface area contributed by atoms with E-state index in [9.17, 15) is 8.78 Å². The highest BCUT2D eigenvalue weighted by atomic mass is 19.3. The molecule has 6 heteroatoms. The van der Waals surface area contributed by atoms with E-state index in [4.69, 9.17) is 4.74 Å². The first-order valence-corrected chi connectivity index (χ1v) is 8.45. The molecule has 0 amide bonds. The third kappa shape index (κ3) is 2.61. The van der Waals surface area contributed by atoms with Gasteiger partial charge >= 0.3 is 5.92 Å². The fourth-order valence-electron chi connectivity index (χ4n) is 3.49. The molecule has 2 aromatic heterocycles. The van der Waals surface area contributed by atoms with Crippen molar-refractivity contribution >= 4 is 11.0 Å². The molecule has 0 saturated heterocycles. The lowest BCUT2D eigenvalue weighted by Crippen LogP contribution is -2.14. The second kappa shape index (κ2) is 5.99. The van der Waals surface area contributed by atoms with E-state index in [0.717, 1.165) is 18.4 Å². The topological polar surface area (TPSA) is 50.8 Å². The quantitative estimate of drug-likeness (QED) is 0.659. The van der Waals surface area contributed by atoms with Crippen LogP contribution in [0, 0.1) is 0 Å². The van der Waals surface area contributed by atoms with E-state index in [0.29, 0.717) is 23.6 Å². The first-order chi connectivity index (χ1) is 12.5. The molecule has 1 aromatic carbocycles. The summed E-state index contributed by atoms with van der Waals surface area (Å²) in [5, 5.41) is 6.71. The summed E-state index contributed by atoms with van der Waals surface area (Å²) in [6.07, 6.45) is 4.34. The normalized spacial score (nSPS) is 16.0. The summed E-state index contributed by atoms with van der Waals surface area (Å²) < 4.78 is 33.9. The first kappa shape index (κ1) is 16.8. The Hall–Kier alpha value is -2.60. The second-order valence-corrected chi connectivity index (χ2v) is 6.78. The van der Waals surface area contributed by atoms with Crippen LogP contribution in [0.25, 0.3) is 22.2 Å². The number of rotatable bonds is 6. The number of allylic oxidation sites excluding steroid dienone is 1. The second-order valence-electron chi connectivity index (χ2n) is 6.78. The zero-order chi connectivity index (χ0) is 18.4. The van der Waals surface area contributed by atoms with Crippen LogP contribution in [-0.2, 0) is 16.1 Å². The van der Waals surface area contributed by atoms with Gasteiger partial charge in [-0.1, -0.05) is 30.8 Å². The Labute approximate surface area is 149 Å². The number of aromatic amines is 1. The standard InChI is InChI=1S/C20H19F2N3O/c1-3-20(21,22)17-16-15(7-10-23-18(16)25-24-17)13-5-4-6-14(11-13)19(8-9-19)12-26-2/h3-7,10-11H,1,8-9,12H2,2H3,(H,23,24,25). The van der Waals surface area contributed by atoms with E-state index in [2.05, 4.69) is 33.9 Å². The van der Waals surface area contributed by atoms with Gasteiger partial charge < -0.3 is 4.74 Å². The number of nitrogens with one attached hydrogen (secondary N) is 1. The lowest BCUT2D eigenvalue weighted by Gasteiger charge is -2.16. The highest BCUT2D eigenvalue weighted by Crippen LogP contribution is 2.49. The van der Waals surface area contributed by atoms with E-state index in [1.165, 1.54) is 5.56 Å². The van der Waals surface area contributed by atoms with Crippen LogP contribution in [0.5, 0.6) is 0 Å². The van der Waals surface area contributed by atoms with E-state index in [1.54, 1.807) is 19.4 Å². The number of fused-ring (bicyclic) bond motifs is 1. The van der Waals surface area contributed by atoms with E-state index < -0.39 is 5.92 Å². The average molecular weight is 355 g/mol. The van der Waals surface area contributed by atoms with Crippen LogP contribution in [0.2, 0.25) is 0 Å². The minimum Gasteiger partial charge on any atom is -0.384 e. The van der Waals surface area contributed by atoms with Crippen molar-refractivity contribution < 1.29 is 13.5 Å². The molecule has 0 spiro atoms. The zero-order valence-electron chi connectivity index (χ0n) is 14.4. The lowest BCUT2D eigenvalue weighted by atomic mass is 9.92. The van der Waals surface area contributed by atoms with Gasteiger partial charge in [-0.15, -0.1) is 0 Å². The molecule has 1 aliphatic carbocycles. The summed E-state index contributed by atoms with van der Waals surface area (Å²) in [5.74, 6) is -3.21. The van der Waals surface area contributed by atoms with Crippen LogP contribution in [0.4, 0.5) is 8.78 Å². The maximum Gasteiger partial charge on any atom is 0.308 e. The molecule has 1 N–H and O–H groups in total. The van der Waals surface area contributed by atoms with Gasteiger partial charge in [0.1, 0.15) is 5.69 Å². The highest BCUT2D eigenvalue weighted by Gasteiger charge is 2.44. The number of H-pyrrole nitrogens is 1. The Morgan fingerprint density at radius 2 is 2.15 bits per heavy atom. The van der Waals surface area contributed by atoms with Crippen molar-refractivity contribution in [3.05, 3.63) is 60.4 Å². The number of hydrogen-bond acceptors (Lipinski definition) is 3. The molecular formula is C20H19F2N3O. The summed E-state index contributed by atoms with van der Waals surface area (Å²) in [5.41, 5.74) is 2.73. The van der Waals surface area contributed by atoms with Gasteiger partial charge in [0.15, 0.2) is 5.65 Å². The summed E-state index contributed by atoms with van der Waals surface area (Å²) in [6, 6.07) is 9.75. The maximum absolute atomic E-state index is 14.3. The number of hydrogen-bond donors (Lipinski definition) is 1. The van der Waals surface area contributed by atoms with Crippen LogP contribution in [-0.4, -0.2) is 28.9 Å². The molecule has 0 aliphatic heterocycles. The molecule has 1 saturated carbocycles. The van der Waals surface area contributed by atoms with Crippen molar-refractivity contribution in [3.8, 4) is 11.1 Å². The van der Waals surface area contributed by atoms with E-state index in [1.807, 2.05) is 12.1 Å². The first-order valence-electron chi connectivity index (χ1n) is 8.45. The number of alkyl halides is 2. The smallest absolute Gasteiger partial charge is 0.308 e. The van der Waals surface area contributed by atoms with E-state index >= 15 is 0 Å². The average Bonchev–Trinajstić information content (AvgIpc) is 3.30. The number of nitrogens with zero attached hydrogens (tertiary/aromatic N) is 2. The van der Waals surface area contributed by atoms with Crippen molar-refractivity contribution in [2.45, 2.75) is 24.2 Å². The molecule has 134 valence electrons. The number of pyridine rings is 1. The minimum atomic E-state index is -3.21. The summed E-state index contributed by atoms with van der Waals surface area (Å²) in [6.45, 7) is 3.90. The van der Waals surface area contributed by atoms with Gasteiger partial charge in [-0.3, -0.25) is 5.10 Å². The van der Waals surface area contributed by atoms with Crippen LogP contribution < -0.4 is 0 Å². The molecule has 0 radical (unpaired) electrons. The molecule has 1 aliphatic rings. The van der Waals surface area contributed by atoms with Crippen molar-refractivity contribution in [1.82, 2.24) is 15.2 Å². The number of aromatic nitrogens is 3. The summed E-state index contributed by atoms with van der Waals surface area (Å²) in [4.78, 5) is 4.12. The van der Waals surface area contributed by atoms with Gasteiger partial charge in [-0.25, -0.2) is 4.98 Å². The van der Waals surface area contributed by atoms with Gasteiger partial charge in [-0.05, 0) is 41.7 Å². The number of ether oxygens (including phenoxy) is 1. The SMILES string of the molecule is C=CC(F)(F)c1[nH]nc2nccc(-c3cccc(C4(COC)CC4)c3)c12. The predicted molar refractivity (Wildman–Crippen MR) is 96.2 cm³/mol. The van der Waals surface area contributed by atoms with Crippen molar-refractivity contribution in [2.75, 3.05) is 13.7 Å². The molecule has 4 rings (SSSR count). The number of benzene rings is 1. The van der Waals surface area contributed by atoms with Gasteiger partial charge in [0.05, 0.1) is 12.0 Å². The van der Waals surface area contributed by atoms with Crippen LogP contribution in [0.1, 0.15) is 24.1 Å². The molecule has 4 nitrogen and oxygen atoms in total. The van der Waals surface area contributed by atoms with Crippen LogP contribution in [0.3, 0.4) is 0 Å². The van der Waals surface area contributed by atoms with Crippen LogP contribution in [0.15, 0.2) is 49.2 Å². The van der Waals surface area contributed by atoms with Crippen molar-refractivity contribution in [1.29, 1.82) is 0 Å². The van der Waals surface area contributed by atoms with Gasteiger partial charge in [0.2, 0.25) is 0 Å². The lowest BCUT2D eigenvalue weighted by molar-refractivity contribution is 0.0492. The predicted octanol–water partition coefficient (Wildman–Crippen LogP) is 4.58. The largest absolute Gasteiger partial charge is 0.384 e. The van der Waals surface area contributed by atoms with E-state index in [-0.39, 0.29) is 16.8 Å². The molecule has 0 atom stereocenters. The van der Waals surface area contributed by atoms with Crippen molar-refractivity contribution in [3.63, 3.8) is 0 Å². The van der Waals surface area contributed by atoms with Crippen LogP contribution >= 0.6 is 0 Å². The molecule has 26 heavy (non-hydrogen) atoms. The zero-order valence-corrected chi connectivity index (χ0v) is 14.4. The molecular weight excluding hydrogens is 336 g/mol. The fourth-order valence-corrected chi connectivity index (χ4v) is 3.49. The Balaban J connectivity index is 1.88. The minimum absolute atomic E-state index is 0.0428. The highest BCUT2D eigenvalue weighted by molar-refractivity contribution is 5.95. The number of methoxy groups -OCH3 is 1. The third-order valence-corrected chi connectivity index (χ3v) is 5.10. The Kier molecular flexibility index (Phi) is 3.88. The fraction of sp³-hybridized carbons (Fsp3) is 0.300.